The van der Waals surface area contributed by atoms with Crippen molar-refractivity contribution in [1.82, 2.24) is 9.97 Å². The fraction of sp³-hybridized carbons (Fsp3) is 0. The molecule has 0 unspecified atom stereocenters. The summed E-state index contributed by atoms with van der Waals surface area (Å²) in [6.07, 6.45) is 4.19. The predicted molar refractivity (Wildman–Crippen MR) is 71.6 cm³/mol. The first-order valence-electron chi connectivity index (χ1n) is 5.75. The molecular weight excluding hydrogens is 238 g/mol. The van der Waals surface area contributed by atoms with Gasteiger partial charge in [0, 0.05) is 34.4 Å². The Balaban J connectivity index is 2.33. The van der Waals surface area contributed by atoms with Gasteiger partial charge in [-0.3, -0.25) is 9.78 Å². The number of aldehydes is 1. The van der Waals surface area contributed by atoms with Crippen molar-refractivity contribution in [3.05, 3.63) is 53.9 Å². The number of aromatic amines is 1. The van der Waals surface area contributed by atoms with Gasteiger partial charge in [-0.05, 0) is 30.3 Å². The van der Waals surface area contributed by atoms with E-state index in [2.05, 4.69) is 16.0 Å². The average molecular weight is 247 g/mol. The monoisotopic (exact) mass is 247 g/mol. The maximum Gasteiger partial charge on any atom is 0.152 e. The van der Waals surface area contributed by atoms with Crippen molar-refractivity contribution >= 4 is 17.2 Å². The van der Waals surface area contributed by atoms with Crippen LogP contribution in [0.1, 0.15) is 15.9 Å². The summed E-state index contributed by atoms with van der Waals surface area (Å²) in [7, 11) is 0. The second-order valence-corrected chi connectivity index (χ2v) is 4.15. The number of hydrogen-bond acceptors (Lipinski definition) is 3. The first-order valence-corrected chi connectivity index (χ1v) is 5.75. The number of aromatic nitrogens is 2. The molecule has 4 nitrogen and oxygen atoms in total. The second-order valence-electron chi connectivity index (χ2n) is 4.15. The zero-order chi connectivity index (χ0) is 13.2. The number of benzene rings is 1. The zero-order valence-electron chi connectivity index (χ0n) is 9.92. The number of nitrogens with zero attached hydrogens (tertiary/aromatic N) is 2. The third-order valence-electron chi connectivity index (χ3n) is 3.04. The summed E-state index contributed by atoms with van der Waals surface area (Å²) in [5.74, 6) is 0. The van der Waals surface area contributed by atoms with E-state index in [1.165, 1.54) is 0 Å². The standard InChI is InChI=1S/C15H9N3O/c16-7-10-3-4-14-12(6-10)13(9-19)15(18-14)11-2-1-5-17-8-11/h1-6,8-9,18H. The van der Waals surface area contributed by atoms with Gasteiger partial charge in [-0.1, -0.05) is 0 Å². The average Bonchev–Trinajstić information content (AvgIpc) is 2.85. The van der Waals surface area contributed by atoms with Gasteiger partial charge in [0.15, 0.2) is 6.29 Å². The minimum Gasteiger partial charge on any atom is -0.354 e. The number of nitriles is 1. The quantitative estimate of drug-likeness (QED) is 0.708. The van der Waals surface area contributed by atoms with Gasteiger partial charge >= 0.3 is 0 Å². The van der Waals surface area contributed by atoms with Gasteiger partial charge in [0.25, 0.3) is 0 Å². The third-order valence-corrected chi connectivity index (χ3v) is 3.04. The van der Waals surface area contributed by atoms with E-state index in [9.17, 15) is 4.79 Å². The highest BCUT2D eigenvalue weighted by Crippen LogP contribution is 2.29. The Labute approximate surface area is 109 Å². The molecule has 3 aromatic rings. The van der Waals surface area contributed by atoms with E-state index in [1.807, 2.05) is 12.1 Å². The van der Waals surface area contributed by atoms with Crippen LogP contribution in [-0.4, -0.2) is 16.3 Å². The predicted octanol–water partition coefficient (Wildman–Crippen LogP) is 2.91. The highest BCUT2D eigenvalue weighted by Gasteiger charge is 2.12. The summed E-state index contributed by atoms with van der Waals surface area (Å²) in [6, 6.07) is 11.0. The molecule has 90 valence electrons. The number of H-pyrrole nitrogens is 1. The van der Waals surface area contributed by atoms with E-state index in [0.29, 0.717) is 11.1 Å². The summed E-state index contributed by atoms with van der Waals surface area (Å²) in [5, 5.41) is 9.68. The molecule has 3 rings (SSSR count). The molecule has 2 aromatic heterocycles. The number of fused-ring (bicyclic) bond motifs is 1. The number of nitrogens with one attached hydrogen (secondary N) is 1. The van der Waals surface area contributed by atoms with Gasteiger partial charge in [0.05, 0.1) is 17.3 Å². The first-order chi connectivity index (χ1) is 9.33. The number of hydrogen-bond donors (Lipinski definition) is 1. The van der Waals surface area contributed by atoms with Crippen LogP contribution in [0.4, 0.5) is 0 Å². The molecule has 0 aliphatic heterocycles. The second kappa shape index (κ2) is 4.39. The molecule has 2 heterocycles. The van der Waals surface area contributed by atoms with E-state index in [-0.39, 0.29) is 0 Å². The summed E-state index contributed by atoms with van der Waals surface area (Å²) < 4.78 is 0. The molecule has 0 saturated heterocycles. The lowest BCUT2D eigenvalue weighted by Crippen LogP contribution is -1.85. The molecule has 0 bridgehead atoms. The molecule has 0 aliphatic carbocycles. The van der Waals surface area contributed by atoms with Gasteiger partial charge in [0.1, 0.15) is 0 Å². The Morgan fingerprint density at radius 3 is 2.89 bits per heavy atom. The van der Waals surface area contributed by atoms with Crippen molar-refractivity contribution < 1.29 is 4.79 Å². The van der Waals surface area contributed by atoms with Crippen LogP contribution in [-0.2, 0) is 0 Å². The molecule has 0 atom stereocenters. The number of rotatable bonds is 2. The number of carbonyl (C=O) groups excluding carboxylic acids is 1. The SMILES string of the molecule is N#Cc1ccc2[nH]c(-c3cccnc3)c(C=O)c2c1. The van der Waals surface area contributed by atoms with Gasteiger partial charge in [0.2, 0.25) is 0 Å². The Morgan fingerprint density at radius 1 is 1.32 bits per heavy atom. The van der Waals surface area contributed by atoms with Gasteiger partial charge < -0.3 is 4.98 Å². The Kier molecular flexibility index (Phi) is 2.58. The van der Waals surface area contributed by atoms with E-state index in [1.54, 1.807) is 30.6 Å². The molecule has 0 spiro atoms. The normalized spacial score (nSPS) is 10.3. The largest absolute Gasteiger partial charge is 0.354 e. The zero-order valence-corrected chi connectivity index (χ0v) is 9.92. The van der Waals surface area contributed by atoms with Crippen molar-refractivity contribution in [2.24, 2.45) is 0 Å². The fourth-order valence-electron chi connectivity index (χ4n) is 2.14. The van der Waals surface area contributed by atoms with Gasteiger partial charge in [-0.25, -0.2) is 0 Å². The van der Waals surface area contributed by atoms with Crippen LogP contribution < -0.4 is 0 Å². The van der Waals surface area contributed by atoms with Gasteiger partial charge in [-0.2, -0.15) is 5.26 Å². The van der Waals surface area contributed by atoms with E-state index in [4.69, 9.17) is 5.26 Å². The summed E-state index contributed by atoms with van der Waals surface area (Å²) in [6.45, 7) is 0. The molecule has 19 heavy (non-hydrogen) atoms. The molecule has 0 saturated carbocycles. The van der Waals surface area contributed by atoms with Crippen molar-refractivity contribution in [2.75, 3.05) is 0 Å². The van der Waals surface area contributed by atoms with Crippen molar-refractivity contribution in [3.63, 3.8) is 0 Å². The van der Waals surface area contributed by atoms with Crippen LogP contribution in [0.2, 0.25) is 0 Å². The van der Waals surface area contributed by atoms with E-state index in [0.717, 1.165) is 28.4 Å². The third kappa shape index (κ3) is 1.78. The van der Waals surface area contributed by atoms with Crippen molar-refractivity contribution in [3.8, 4) is 17.3 Å². The molecule has 0 radical (unpaired) electrons. The number of pyridine rings is 1. The lowest BCUT2D eigenvalue weighted by molar-refractivity contribution is 0.112. The molecule has 4 heteroatoms. The fourth-order valence-corrected chi connectivity index (χ4v) is 2.14. The Bertz CT molecular complexity index is 797. The van der Waals surface area contributed by atoms with Crippen LogP contribution in [0.3, 0.4) is 0 Å². The summed E-state index contributed by atoms with van der Waals surface area (Å²) in [4.78, 5) is 18.6. The van der Waals surface area contributed by atoms with Crippen LogP contribution in [0.5, 0.6) is 0 Å². The molecule has 1 N–H and O–H groups in total. The highest BCUT2D eigenvalue weighted by molar-refractivity contribution is 6.04. The lowest BCUT2D eigenvalue weighted by atomic mass is 10.1. The first kappa shape index (κ1) is 11.2. The maximum absolute atomic E-state index is 11.4. The molecular formula is C15H9N3O. The molecule has 0 fully saturated rings. The highest BCUT2D eigenvalue weighted by atomic mass is 16.1. The topological polar surface area (TPSA) is 69.5 Å². The molecule has 0 aliphatic rings. The molecule has 0 amide bonds. The summed E-state index contributed by atoms with van der Waals surface area (Å²) >= 11 is 0. The minimum absolute atomic E-state index is 0.535. The van der Waals surface area contributed by atoms with Crippen LogP contribution in [0.25, 0.3) is 22.2 Å². The summed E-state index contributed by atoms with van der Waals surface area (Å²) in [5.41, 5.74) is 3.50. The van der Waals surface area contributed by atoms with Crippen LogP contribution in [0, 0.1) is 11.3 Å². The molecule has 1 aromatic carbocycles. The van der Waals surface area contributed by atoms with Gasteiger partial charge in [-0.15, -0.1) is 0 Å². The van der Waals surface area contributed by atoms with E-state index < -0.39 is 0 Å². The van der Waals surface area contributed by atoms with Crippen molar-refractivity contribution in [1.29, 1.82) is 5.26 Å². The Hall–Kier alpha value is -2.93. The maximum atomic E-state index is 11.4. The Morgan fingerprint density at radius 2 is 2.21 bits per heavy atom. The lowest BCUT2D eigenvalue weighted by Gasteiger charge is -1.97. The smallest absolute Gasteiger partial charge is 0.152 e. The van der Waals surface area contributed by atoms with Crippen LogP contribution in [0.15, 0.2) is 42.7 Å². The minimum atomic E-state index is 0.535. The number of carbonyl (C=O) groups is 1. The van der Waals surface area contributed by atoms with Crippen LogP contribution >= 0.6 is 0 Å². The van der Waals surface area contributed by atoms with E-state index >= 15 is 0 Å². The van der Waals surface area contributed by atoms with Crippen molar-refractivity contribution in [2.45, 2.75) is 0 Å².